The Hall–Kier alpha value is -2.00. The fraction of sp³-hybridized carbons (Fsp3) is 0.250. The zero-order valence-corrected chi connectivity index (χ0v) is 11.6. The van der Waals surface area contributed by atoms with Crippen molar-refractivity contribution < 1.29 is 22.7 Å². The van der Waals surface area contributed by atoms with Crippen molar-refractivity contribution in [1.82, 2.24) is 9.97 Å². The molecule has 0 aliphatic heterocycles. The number of thiazole rings is 1. The topological polar surface area (TPSA) is 64.1 Å². The van der Waals surface area contributed by atoms with Gasteiger partial charge in [-0.25, -0.2) is 4.98 Å². The second-order valence-corrected chi connectivity index (χ2v) is 4.92. The molecule has 2 aromatic rings. The largest absolute Gasteiger partial charge is 0.417 e. The van der Waals surface area contributed by atoms with Gasteiger partial charge in [-0.15, -0.1) is 11.3 Å². The van der Waals surface area contributed by atoms with Gasteiger partial charge < -0.3 is 10.1 Å². The average molecular weight is 317 g/mol. The second kappa shape index (κ2) is 6.19. The summed E-state index contributed by atoms with van der Waals surface area (Å²) in [7, 11) is 1.50. The van der Waals surface area contributed by atoms with Crippen molar-refractivity contribution in [3.8, 4) is 0 Å². The number of anilines is 1. The number of pyridine rings is 1. The number of carbonyl (C=O) groups excluding carboxylic acids is 1. The molecule has 0 spiro atoms. The molecule has 2 rings (SSSR count). The first-order valence-electron chi connectivity index (χ1n) is 5.67. The van der Waals surface area contributed by atoms with Crippen LogP contribution in [-0.2, 0) is 17.5 Å². The molecule has 0 radical (unpaired) electrons. The molecule has 112 valence electrons. The number of halogens is 3. The van der Waals surface area contributed by atoms with E-state index in [0.29, 0.717) is 11.2 Å². The zero-order chi connectivity index (χ0) is 15.5. The summed E-state index contributed by atoms with van der Waals surface area (Å²) >= 11 is 1.23. The molecule has 1 amide bonds. The summed E-state index contributed by atoms with van der Waals surface area (Å²) in [5, 5.41) is 4.43. The molecule has 9 heteroatoms. The normalized spacial score (nSPS) is 11.4. The molecule has 0 aromatic carbocycles. The maximum atomic E-state index is 12.5. The maximum Gasteiger partial charge on any atom is 0.417 e. The standard InChI is InChI=1S/C12H10F3N3O2S/c1-20-5-10-18-9(6-21-10)11(19)17-8-2-7(3-16-4-8)12(13,14)15/h2-4,6H,5H2,1H3,(H,17,19). The minimum atomic E-state index is -4.51. The van der Waals surface area contributed by atoms with E-state index in [2.05, 4.69) is 15.3 Å². The third kappa shape index (κ3) is 3.99. The number of aromatic nitrogens is 2. The number of hydrogen-bond acceptors (Lipinski definition) is 5. The Morgan fingerprint density at radius 1 is 1.43 bits per heavy atom. The molecule has 2 aromatic heterocycles. The summed E-state index contributed by atoms with van der Waals surface area (Å²) < 4.78 is 42.5. The molecule has 0 unspecified atom stereocenters. The van der Waals surface area contributed by atoms with E-state index in [1.807, 2.05) is 0 Å². The quantitative estimate of drug-likeness (QED) is 0.941. The Labute approximate surface area is 121 Å². The van der Waals surface area contributed by atoms with Crippen LogP contribution in [0.2, 0.25) is 0 Å². The number of amides is 1. The van der Waals surface area contributed by atoms with Gasteiger partial charge in [0, 0.05) is 18.7 Å². The van der Waals surface area contributed by atoms with Gasteiger partial charge in [-0.1, -0.05) is 0 Å². The lowest BCUT2D eigenvalue weighted by atomic mass is 10.2. The molecule has 0 bridgehead atoms. The number of alkyl halides is 3. The molecule has 21 heavy (non-hydrogen) atoms. The van der Waals surface area contributed by atoms with Gasteiger partial charge >= 0.3 is 6.18 Å². The predicted molar refractivity (Wildman–Crippen MR) is 70.0 cm³/mol. The third-order valence-electron chi connectivity index (χ3n) is 2.38. The monoisotopic (exact) mass is 317 g/mol. The second-order valence-electron chi connectivity index (χ2n) is 3.97. The number of nitrogens with zero attached hydrogens (tertiary/aromatic N) is 2. The van der Waals surface area contributed by atoms with Crippen LogP contribution in [0.15, 0.2) is 23.8 Å². The molecular weight excluding hydrogens is 307 g/mol. The lowest BCUT2D eigenvalue weighted by Gasteiger charge is -2.08. The zero-order valence-electron chi connectivity index (χ0n) is 10.8. The summed E-state index contributed by atoms with van der Waals surface area (Å²) in [5.41, 5.74) is -0.862. The molecule has 0 aliphatic carbocycles. The van der Waals surface area contributed by atoms with Crippen molar-refractivity contribution in [3.05, 3.63) is 40.1 Å². The Morgan fingerprint density at radius 2 is 2.19 bits per heavy atom. The SMILES string of the molecule is COCc1nc(C(=O)Nc2cncc(C(F)(F)F)c2)cs1. The maximum absolute atomic E-state index is 12.5. The molecule has 0 atom stereocenters. The summed E-state index contributed by atoms with van der Waals surface area (Å²) in [6, 6.07) is 0.813. The van der Waals surface area contributed by atoms with Gasteiger partial charge in [-0.2, -0.15) is 13.2 Å². The van der Waals surface area contributed by atoms with E-state index in [1.54, 1.807) is 0 Å². The van der Waals surface area contributed by atoms with Crippen LogP contribution in [0.4, 0.5) is 18.9 Å². The smallest absolute Gasteiger partial charge is 0.378 e. The highest BCUT2D eigenvalue weighted by Gasteiger charge is 2.31. The Morgan fingerprint density at radius 3 is 2.86 bits per heavy atom. The number of ether oxygens (including phenoxy) is 1. The van der Waals surface area contributed by atoms with Crippen LogP contribution in [0.25, 0.3) is 0 Å². The van der Waals surface area contributed by atoms with Crippen molar-refractivity contribution in [2.75, 3.05) is 12.4 Å². The van der Waals surface area contributed by atoms with Crippen LogP contribution in [0, 0.1) is 0 Å². The summed E-state index contributed by atoms with van der Waals surface area (Å²) in [5.74, 6) is -0.602. The first kappa shape index (κ1) is 15.4. The van der Waals surface area contributed by atoms with Crippen LogP contribution in [0.3, 0.4) is 0 Å². The van der Waals surface area contributed by atoms with E-state index < -0.39 is 17.6 Å². The number of nitrogens with one attached hydrogen (secondary N) is 1. The van der Waals surface area contributed by atoms with E-state index in [9.17, 15) is 18.0 Å². The Kier molecular flexibility index (Phi) is 4.53. The molecule has 0 aliphatic rings. The summed E-state index contributed by atoms with van der Waals surface area (Å²) in [4.78, 5) is 19.3. The summed E-state index contributed by atoms with van der Waals surface area (Å²) in [6.07, 6.45) is -2.69. The molecular formula is C12H10F3N3O2S. The first-order chi connectivity index (χ1) is 9.90. The van der Waals surface area contributed by atoms with Crippen molar-refractivity contribution in [2.24, 2.45) is 0 Å². The number of rotatable bonds is 4. The number of hydrogen-bond donors (Lipinski definition) is 1. The van der Waals surface area contributed by atoms with Gasteiger partial charge in [-0.3, -0.25) is 9.78 Å². The molecule has 0 saturated carbocycles. The number of methoxy groups -OCH3 is 1. The minimum Gasteiger partial charge on any atom is -0.378 e. The lowest BCUT2D eigenvalue weighted by molar-refractivity contribution is -0.137. The lowest BCUT2D eigenvalue weighted by Crippen LogP contribution is -2.14. The highest BCUT2D eigenvalue weighted by Crippen LogP contribution is 2.30. The molecule has 0 fully saturated rings. The van der Waals surface area contributed by atoms with Crippen LogP contribution < -0.4 is 5.32 Å². The fourth-order valence-corrected chi connectivity index (χ4v) is 2.21. The van der Waals surface area contributed by atoms with E-state index in [1.165, 1.54) is 23.8 Å². The van der Waals surface area contributed by atoms with Gasteiger partial charge in [0.2, 0.25) is 0 Å². The van der Waals surface area contributed by atoms with Gasteiger partial charge in [0.15, 0.2) is 0 Å². The van der Waals surface area contributed by atoms with Crippen molar-refractivity contribution in [2.45, 2.75) is 12.8 Å². The van der Waals surface area contributed by atoms with Gasteiger partial charge in [-0.05, 0) is 6.07 Å². The van der Waals surface area contributed by atoms with Crippen LogP contribution in [0.5, 0.6) is 0 Å². The van der Waals surface area contributed by atoms with E-state index in [-0.39, 0.29) is 18.0 Å². The minimum absolute atomic E-state index is 0.0453. The highest BCUT2D eigenvalue weighted by atomic mass is 32.1. The average Bonchev–Trinajstić information content (AvgIpc) is 2.87. The van der Waals surface area contributed by atoms with Crippen molar-refractivity contribution in [1.29, 1.82) is 0 Å². The van der Waals surface area contributed by atoms with Crippen molar-refractivity contribution >= 4 is 22.9 Å². The van der Waals surface area contributed by atoms with Crippen molar-refractivity contribution in [3.63, 3.8) is 0 Å². The number of carbonyl (C=O) groups is 1. The Balaban J connectivity index is 2.12. The van der Waals surface area contributed by atoms with E-state index >= 15 is 0 Å². The predicted octanol–water partition coefficient (Wildman–Crippen LogP) is 2.96. The molecule has 5 nitrogen and oxygen atoms in total. The van der Waals surface area contributed by atoms with E-state index in [4.69, 9.17) is 4.74 Å². The fourth-order valence-electron chi connectivity index (χ4n) is 1.46. The van der Waals surface area contributed by atoms with Crippen LogP contribution in [0.1, 0.15) is 21.1 Å². The van der Waals surface area contributed by atoms with Crippen LogP contribution in [-0.4, -0.2) is 23.0 Å². The van der Waals surface area contributed by atoms with Crippen LogP contribution >= 0.6 is 11.3 Å². The van der Waals surface area contributed by atoms with Gasteiger partial charge in [0.05, 0.1) is 24.1 Å². The Bertz CT molecular complexity index is 643. The van der Waals surface area contributed by atoms with Gasteiger partial charge in [0.25, 0.3) is 5.91 Å². The first-order valence-corrected chi connectivity index (χ1v) is 6.55. The molecule has 2 heterocycles. The summed E-state index contributed by atoms with van der Waals surface area (Å²) in [6.45, 7) is 0.267. The highest BCUT2D eigenvalue weighted by molar-refractivity contribution is 7.09. The third-order valence-corrected chi connectivity index (χ3v) is 3.20. The molecule has 1 N–H and O–H groups in total. The van der Waals surface area contributed by atoms with Gasteiger partial charge in [0.1, 0.15) is 10.7 Å². The molecule has 0 saturated heterocycles. The van der Waals surface area contributed by atoms with E-state index in [0.717, 1.165) is 12.3 Å².